The first-order valence-corrected chi connectivity index (χ1v) is 7.09. The molecule has 1 aliphatic heterocycles. The molecule has 3 rings (SSSR count). The molecule has 0 aromatic carbocycles. The van der Waals surface area contributed by atoms with Crippen molar-refractivity contribution in [3.05, 3.63) is 18.0 Å². The Morgan fingerprint density at radius 1 is 1.38 bits per heavy atom. The van der Waals surface area contributed by atoms with Crippen molar-refractivity contribution in [1.82, 2.24) is 19.8 Å². The molecule has 0 aliphatic carbocycles. The molecule has 0 saturated carbocycles. The molecule has 0 bridgehead atoms. The quantitative estimate of drug-likeness (QED) is 0.842. The number of rotatable bonds is 3. The van der Waals surface area contributed by atoms with Gasteiger partial charge in [-0.25, -0.2) is 0 Å². The van der Waals surface area contributed by atoms with Crippen LogP contribution in [0.2, 0.25) is 0 Å². The van der Waals surface area contributed by atoms with Gasteiger partial charge in [-0.3, -0.25) is 0 Å². The van der Waals surface area contributed by atoms with E-state index in [2.05, 4.69) is 34.0 Å². The highest BCUT2D eigenvalue weighted by atomic mass is 16.5. The topological polar surface area (TPSA) is 64.8 Å². The average Bonchev–Trinajstić information content (AvgIpc) is 2.79. The van der Waals surface area contributed by atoms with Crippen LogP contribution in [-0.2, 0) is 9.47 Å². The van der Waals surface area contributed by atoms with Crippen LogP contribution >= 0.6 is 0 Å². The van der Waals surface area contributed by atoms with Gasteiger partial charge in [0.15, 0.2) is 11.5 Å². The van der Waals surface area contributed by atoms with Crippen molar-refractivity contribution in [2.45, 2.75) is 32.5 Å². The molecule has 2 aromatic rings. The molecule has 2 aromatic heterocycles. The molecule has 0 spiro atoms. The number of nitrogens with zero attached hydrogens (tertiary/aromatic N) is 5. The van der Waals surface area contributed by atoms with Crippen molar-refractivity contribution < 1.29 is 9.47 Å². The summed E-state index contributed by atoms with van der Waals surface area (Å²) in [4.78, 5) is 2.23. The molecule has 0 unspecified atom stereocenters. The lowest BCUT2D eigenvalue weighted by Crippen LogP contribution is -2.54. The first-order chi connectivity index (χ1) is 9.98. The summed E-state index contributed by atoms with van der Waals surface area (Å²) in [5.41, 5.74) is 0.526. The predicted molar refractivity (Wildman–Crippen MR) is 78.6 cm³/mol. The van der Waals surface area contributed by atoms with Gasteiger partial charge < -0.3 is 14.4 Å². The molecule has 0 radical (unpaired) electrons. The highest BCUT2D eigenvalue weighted by molar-refractivity contribution is 5.46. The van der Waals surface area contributed by atoms with Crippen LogP contribution in [0.4, 0.5) is 5.82 Å². The molecule has 21 heavy (non-hydrogen) atoms. The summed E-state index contributed by atoms with van der Waals surface area (Å²) in [6, 6.07) is 3.92. The van der Waals surface area contributed by atoms with E-state index in [4.69, 9.17) is 9.47 Å². The maximum atomic E-state index is 6.04. The van der Waals surface area contributed by atoms with Crippen LogP contribution in [0.5, 0.6) is 0 Å². The van der Waals surface area contributed by atoms with Gasteiger partial charge in [0.05, 0.1) is 18.3 Å². The zero-order valence-electron chi connectivity index (χ0n) is 12.9. The molecular formula is C14H21N5O2. The van der Waals surface area contributed by atoms with Crippen molar-refractivity contribution in [1.29, 1.82) is 0 Å². The smallest absolute Gasteiger partial charge is 0.178 e. The number of aromatic nitrogens is 4. The van der Waals surface area contributed by atoms with Crippen LogP contribution in [0.3, 0.4) is 0 Å². The Labute approximate surface area is 123 Å². The Kier molecular flexibility index (Phi) is 3.54. The monoisotopic (exact) mass is 291 g/mol. The number of ether oxygens (including phenoxy) is 2. The summed E-state index contributed by atoms with van der Waals surface area (Å²) in [6.45, 7) is 8.19. The Hall–Kier alpha value is -1.73. The zero-order valence-corrected chi connectivity index (χ0v) is 12.9. The van der Waals surface area contributed by atoms with E-state index in [9.17, 15) is 0 Å². The minimum Gasteiger partial charge on any atom is -0.382 e. The van der Waals surface area contributed by atoms with E-state index in [1.165, 1.54) is 0 Å². The van der Waals surface area contributed by atoms with Crippen molar-refractivity contribution in [2.75, 3.05) is 31.7 Å². The fraction of sp³-hybridized carbons (Fsp3) is 0.643. The third kappa shape index (κ3) is 2.84. The number of fused-ring (bicyclic) bond motifs is 1. The molecule has 1 atom stereocenters. The lowest BCUT2D eigenvalue weighted by molar-refractivity contribution is -0.106. The largest absolute Gasteiger partial charge is 0.382 e. The number of aryl methyl sites for hydroxylation is 1. The molecule has 7 nitrogen and oxygen atoms in total. The molecule has 7 heteroatoms. The summed E-state index contributed by atoms with van der Waals surface area (Å²) in [6.07, 6.45) is 0.0401. The number of hydrogen-bond donors (Lipinski definition) is 0. The Morgan fingerprint density at radius 3 is 2.95 bits per heavy atom. The Morgan fingerprint density at radius 2 is 2.19 bits per heavy atom. The summed E-state index contributed by atoms with van der Waals surface area (Å²) in [7, 11) is 1.69. The number of hydrogen-bond acceptors (Lipinski definition) is 6. The molecule has 114 valence electrons. The summed E-state index contributed by atoms with van der Waals surface area (Å²) < 4.78 is 13.0. The van der Waals surface area contributed by atoms with Crippen LogP contribution in [-0.4, -0.2) is 58.3 Å². The number of anilines is 1. The number of morpholine rings is 1. The van der Waals surface area contributed by atoms with Gasteiger partial charge in [0.2, 0.25) is 0 Å². The fourth-order valence-corrected chi connectivity index (χ4v) is 2.80. The van der Waals surface area contributed by atoms with Crippen LogP contribution in [0.1, 0.15) is 19.7 Å². The normalized spacial score (nSPS) is 21.9. The van der Waals surface area contributed by atoms with E-state index in [1.54, 1.807) is 11.6 Å². The lowest BCUT2D eigenvalue weighted by atomic mass is 10.1. The highest BCUT2D eigenvalue weighted by Gasteiger charge is 2.34. The lowest BCUT2D eigenvalue weighted by Gasteiger charge is -2.43. The van der Waals surface area contributed by atoms with Crippen molar-refractivity contribution in [2.24, 2.45) is 0 Å². The van der Waals surface area contributed by atoms with Gasteiger partial charge in [-0.15, -0.1) is 15.3 Å². The van der Waals surface area contributed by atoms with Gasteiger partial charge in [0, 0.05) is 20.2 Å². The first-order valence-electron chi connectivity index (χ1n) is 7.09. The second-order valence-corrected chi connectivity index (χ2v) is 6.04. The van der Waals surface area contributed by atoms with Crippen molar-refractivity contribution >= 4 is 11.5 Å². The molecule has 1 fully saturated rings. The Bertz CT molecular complexity index is 639. The first kappa shape index (κ1) is 14.2. The zero-order chi connectivity index (χ0) is 15.0. The fourth-order valence-electron chi connectivity index (χ4n) is 2.80. The summed E-state index contributed by atoms with van der Waals surface area (Å²) in [5, 5.41) is 12.7. The third-order valence-corrected chi connectivity index (χ3v) is 3.56. The average molecular weight is 291 g/mol. The SMILES string of the molecule is COC[C@@H]1CN(c2ccc3nnc(C)n3n2)CC(C)(C)O1. The van der Waals surface area contributed by atoms with E-state index in [0.717, 1.165) is 30.4 Å². The predicted octanol–water partition coefficient (Wildman–Crippen LogP) is 1.06. The maximum Gasteiger partial charge on any atom is 0.178 e. The number of methoxy groups -OCH3 is 1. The highest BCUT2D eigenvalue weighted by Crippen LogP contribution is 2.25. The molecule has 1 aliphatic rings. The third-order valence-electron chi connectivity index (χ3n) is 3.56. The van der Waals surface area contributed by atoms with Gasteiger partial charge in [-0.05, 0) is 32.9 Å². The van der Waals surface area contributed by atoms with Gasteiger partial charge in [0.25, 0.3) is 0 Å². The Balaban J connectivity index is 1.90. The van der Waals surface area contributed by atoms with Gasteiger partial charge in [-0.2, -0.15) is 4.52 Å². The van der Waals surface area contributed by atoms with Crippen molar-refractivity contribution in [3.63, 3.8) is 0 Å². The molecule has 3 heterocycles. The standard InChI is InChI=1S/C14H21N5O2/c1-10-15-16-12-5-6-13(17-19(10)12)18-7-11(8-20-4)21-14(2,3)9-18/h5-6,11H,7-9H2,1-4H3/t11-/m0/s1. The molecule has 1 saturated heterocycles. The van der Waals surface area contributed by atoms with Crippen LogP contribution in [0, 0.1) is 6.92 Å². The summed E-state index contributed by atoms with van der Waals surface area (Å²) in [5.74, 6) is 1.69. The van der Waals surface area contributed by atoms with Gasteiger partial charge >= 0.3 is 0 Å². The van der Waals surface area contributed by atoms with E-state index in [1.807, 2.05) is 19.1 Å². The summed E-state index contributed by atoms with van der Waals surface area (Å²) >= 11 is 0. The van der Waals surface area contributed by atoms with Crippen molar-refractivity contribution in [3.8, 4) is 0 Å². The second kappa shape index (κ2) is 5.23. The minimum absolute atomic E-state index is 0.0401. The van der Waals surface area contributed by atoms with E-state index < -0.39 is 0 Å². The van der Waals surface area contributed by atoms with E-state index in [-0.39, 0.29) is 11.7 Å². The van der Waals surface area contributed by atoms with Crippen LogP contribution in [0.15, 0.2) is 12.1 Å². The van der Waals surface area contributed by atoms with Gasteiger partial charge in [-0.1, -0.05) is 0 Å². The van der Waals surface area contributed by atoms with E-state index in [0.29, 0.717) is 6.61 Å². The van der Waals surface area contributed by atoms with Gasteiger partial charge in [0.1, 0.15) is 5.82 Å². The minimum atomic E-state index is -0.236. The molecule has 0 amide bonds. The maximum absolute atomic E-state index is 6.04. The van der Waals surface area contributed by atoms with Crippen LogP contribution in [0.25, 0.3) is 5.65 Å². The molecule has 0 N–H and O–H groups in total. The van der Waals surface area contributed by atoms with E-state index >= 15 is 0 Å². The van der Waals surface area contributed by atoms with Crippen LogP contribution < -0.4 is 4.90 Å². The second-order valence-electron chi connectivity index (χ2n) is 6.04. The molecular weight excluding hydrogens is 270 g/mol.